The molecule has 0 unspecified atom stereocenters. The molecule has 232 valence electrons. The number of likely N-dealkylation sites (N-methyl/N-ethyl adjacent to an activating group) is 1. The van der Waals surface area contributed by atoms with Crippen molar-refractivity contribution in [2.45, 2.75) is 36.4 Å². The number of thiophene rings is 1. The molecular formula is C28H31F3N4O6S2. The Hall–Kier alpha value is -3.66. The highest BCUT2D eigenvalue weighted by Crippen LogP contribution is 2.36. The van der Waals surface area contributed by atoms with E-state index in [0.717, 1.165) is 39.9 Å². The van der Waals surface area contributed by atoms with Crippen LogP contribution in [0.25, 0.3) is 0 Å². The largest absolute Gasteiger partial charge is 0.486 e. The average molecular weight is 641 g/mol. The van der Waals surface area contributed by atoms with E-state index in [9.17, 15) is 36.3 Å². The van der Waals surface area contributed by atoms with Gasteiger partial charge >= 0.3 is 12.2 Å². The molecule has 1 aliphatic heterocycles. The zero-order chi connectivity index (χ0) is 31.5. The summed E-state index contributed by atoms with van der Waals surface area (Å²) in [4.78, 5) is 28.0. The highest BCUT2D eigenvalue weighted by Gasteiger charge is 2.36. The number of rotatable bonds is 8. The molecule has 10 nitrogen and oxygen atoms in total. The van der Waals surface area contributed by atoms with Crippen LogP contribution in [0.1, 0.15) is 29.8 Å². The molecule has 4 rings (SSSR count). The van der Waals surface area contributed by atoms with Crippen molar-refractivity contribution in [1.29, 1.82) is 0 Å². The molecule has 15 heteroatoms. The van der Waals surface area contributed by atoms with Gasteiger partial charge in [-0.3, -0.25) is 4.79 Å². The maximum Gasteiger partial charge on any atom is 0.416 e. The highest BCUT2D eigenvalue weighted by atomic mass is 32.2. The van der Waals surface area contributed by atoms with Crippen LogP contribution in [0.2, 0.25) is 0 Å². The second-order valence-corrected chi connectivity index (χ2v) is 13.4. The van der Waals surface area contributed by atoms with Gasteiger partial charge in [-0.15, -0.1) is 11.3 Å². The number of benzene rings is 2. The fraction of sp³-hybridized carbons (Fsp3) is 0.357. The molecule has 2 heterocycles. The summed E-state index contributed by atoms with van der Waals surface area (Å²) in [5.74, 6) is -0.891. The summed E-state index contributed by atoms with van der Waals surface area (Å²) in [6.45, 7) is 3.21. The van der Waals surface area contributed by atoms with Gasteiger partial charge in [-0.05, 0) is 54.8 Å². The number of aliphatic hydroxyl groups excluding tert-OH is 1. The lowest BCUT2D eigenvalue weighted by atomic mass is 9.99. The number of nitrogens with zero attached hydrogens (tertiary/aromatic N) is 2. The number of fused-ring (bicyclic) bond motifs is 1. The number of hydrogen-bond acceptors (Lipinski definition) is 7. The number of aliphatic hydroxyl groups is 1. The summed E-state index contributed by atoms with van der Waals surface area (Å²) >= 11 is 1.08. The van der Waals surface area contributed by atoms with Gasteiger partial charge in [-0.25, -0.2) is 13.2 Å². The molecule has 2 aromatic carbocycles. The van der Waals surface area contributed by atoms with E-state index in [1.54, 1.807) is 25.3 Å². The fourth-order valence-corrected chi connectivity index (χ4v) is 6.89. The van der Waals surface area contributed by atoms with Gasteiger partial charge in [0.2, 0.25) is 0 Å². The van der Waals surface area contributed by atoms with Gasteiger partial charge in [0.25, 0.3) is 15.9 Å². The molecule has 0 spiro atoms. The maximum atomic E-state index is 13.6. The van der Waals surface area contributed by atoms with Crippen LogP contribution < -0.4 is 15.4 Å². The molecule has 3 amide bonds. The van der Waals surface area contributed by atoms with Gasteiger partial charge in [0.1, 0.15) is 10.3 Å². The molecule has 0 bridgehead atoms. The van der Waals surface area contributed by atoms with Gasteiger partial charge in [0.15, 0.2) is 5.75 Å². The van der Waals surface area contributed by atoms with Crippen molar-refractivity contribution in [3.8, 4) is 5.75 Å². The van der Waals surface area contributed by atoms with Crippen molar-refractivity contribution in [2.75, 3.05) is 37.4 Å². The standard InChI is InChI=1S/C28H31F3N4O6S2/c1-17-14-35(18(2)16-36)26(37)21-6-4-7-22(33-27(38)32-20-11-9-19(10-12-20)28(29,30)31)25(21)41-23(17)15-34(3)43(39,40)24-8-5-13-42-24/h4-13,17-18,23,36H,14-16H2,1-3H3,(H2,32,33,38)/t17-,18+,23+/m0/s1. The number of ether oxygens (including phenoxy) is 1. The molecule has 0 fully saturated rings. The summed E-state index contributed by atoms with van der Waals surface area (Å²) < 4.78 is 72.7. The minimum absolute atomic E-state index is 0.0105. The Morgan fingerprint density at radius 2 is 1.86 bits per heavy atom. The first-order chi connectivity index (χ1) is 20.2. The fourth-order valence-electron chi connectivity index (χ4n) is 4.50. The first-order valence-corrected chi connectivity index (χ1v) is 15.5. The quantitative estimate of drug-likeness (QED) is 0.320. The number of carbonyl (C=O) groups is 2. The van der Waals surface area contributed by atoms with Gasteiger partial charge in [-0.1, -0.05) is 19.1 Å². The number of urea groups is 1. The zero-order valence-electron chi connectivity index (χ0n) is 23.5. The lowest BCUT2D eigenvalue weighted by Crippen LogP contribution is -2.50. The predicted molar refractivity (Wildman–Crippen MR) is 156 cm³/mol. The maximum absolute atomic E-state index is 13.6. The van der Waals surface area contributed by atoms with E-state index in [4.69, 9.17) is 4.74 Å². The number of para-hydroxylation sites is 1. The molecule has 0 aliphatic carbocycles. The molecular weight excluding hydrogens is 609 g/mol. The third-order valence-electron chi connectivity index (χ3n) is 7.01. The first kappa shape index (κ1) is 32.3. The summed E-state index contributed by atoms with van der Waals surface area (Å²) in [5.41, 5.74) is -0.623. The molecule has 0 saturated heterocycles. The molecule has 1 aromatic heterocycles. The van der Waals surface area contributed by atoms with Crippen LogP contribution in [0.5, 0.6) is 5.75 Å². The van der Waals surface area contributed by atoms with Crippen LogP contribution in [0.4, 0.5) is 29.3 Å². The van der Waals surface area contributed by atoms with E-state index in [1.165, 1.54) is 36.2 Å². The topological polar surface area (TPSA) is 128 Å². The number of nitrogens with one attached hydrogen (secondary N) is 2. The number of carbonyl (C=O) groups excluding carboxylic acids is 2. The van der Waals surface area contributed by atoms with Crippen molar-refractivity contribution in [3.63, 3.8) is 0 Å². The molecule has 43 heavy (non-hydrogen) atoms. The van der Waals surface area contributed by atoms with E-state index in [1.807, 2.05) is 0 Å². The van der Waals surface area contributed by atoms with E-state index >= 15 is 0 Å². The monoisotopic (exact) mass is 640 g/mol. The third kappa shape index (κ3) is 7.29. The Kier molecular flexibility index (Phi) is 9.69. The molecule has 0 radical (unpaired) electrons. The summed E-state index contributed by atoms with van der Waals surface area (Å²) in [6, 6.07) is 10.1. The number of alkyl halides is 3. The minimum atomic E-state index is -4.53. The van der Waals surface area contributed by atoms with Crippen molar-refractivity contribution < 1.29 is 41.0 Å². The van der Waals surface area contributed by atoms with Crippen molar-refractivity contribution in [2.24, 2.45) is 5.92 Å². The lowest BCUT2D eigenvalue weighted by Gasteiger charge is -2.38. The normalized spacial score (nSPS) is 18.3. The average Bonchev–Trinajstić information content (AvgIpc) is 3.51. The summed E-state index contributed by atoms with van der Waals surface area (Å²) in [6.07, 6.45) is -5.32. The minimum Gasteiger partial charge on any atom is -0.486 e. The van der Waals surface area contributed by atoms with Crippen LogP contribution in [0, 0.1) is 5.92 Å². The smallest absolute Gasteiger partial charge is 0.416 e. The van der Waals surface area contributed by atoms with E-state index in [-0.39, 0.29) is 46.6 Å². The Labute approximate surface area is 251 Å². The van der Waals surface area contributed by atoms with Crippen molar-refractivity contribution in [3.05, 3.63) is 71.1 Å². The first-order valence-electron chi connectivity index (χ1n) is 13.2. The van der Waals surface area contributed by atoms with Gasteiger partial charge < -0.3 is 25.4 Å². The van der Waals surface area contributed by atoms with Crippen LogP contribution in [0.3, 0.4) is 0 Å². The Morgan fingerprint density at radius 3 is 2.47 bits per heavy atom. The second kappa shape index (κ2) is 12.9. The number of anilines is 2. The number of amides is 3. The molecule has 3 N–H and O–H groups in total. The van der Waals surface area contributed by atoms with E-state index in [2.05, 4.69) is 10.6 Å². The Bertz CT molecular complexity index is 1550. The molecule has 1 aliphatic rings. The second-order valence-electron chi connectivity index (χ2n) is 10.2. The lowest BCUT2D eigenvalue weighted by molar-refractivity contribution is -0.137. The highest BCUT2D eigenvalue weighted by molar-refractivity contribution is 7.91. The van der Waals surface area contributed by atoms with Gasteiger partial charge in [0.05, 0.1) is 36.0 Å². The third-order valence-corrected chi connectivity index (χ3v) is 10.2. The predicted octanol–water partition coefficient (Wildman–Crippen LogP) is 4.95. The molecule has 3 aromatic rings. The van der Waals surface area contributed by atoms with E-state index in [0.29, 0.717) is 0 Å². The van der Waals surface area contributed by atoms with Crippen LogP contribution in [0.15, 0.2) is 64.2 Å². The van der Waals surface area contributed by atoms with Gasteiger partial charge in [0, 0.05) is 25.2 Å². The van der Waals surface area contributed by atoms with E-state index < -0.39 is 51.8 Å². The molecule has 3 atom stereocenters. The zero-order valence-corrected chi connectivity index (χ0v) is 25.1. The summed E-state index contributed by atoms with van der Waals surface area (Å²) in [7, 11) is -2.41. The SMILES string of the molecule is C[C@H](CO)N1C[C@H](C)[C@@H](CN(C)S(=O)(=O)c2cccs2)Oc2c(NC(=O)Nc3ccc(C(F)(F)F)cc3)cccc2C1=O. The number of sulfonamides is 1. The van der Waals surface area contributed by atoms with Crippen LogP contribution in [-0.2, 0) is 16.2 Å². The number of hydrogen-bond donors (Lipinski definition) is 3. The van der Waals surface area contributed by atoms with Gasteiger partial charge in [-0.2, -0.15) is 17.5 Å². The Morgan fingerprint density at radius 1 is 1.16 bits per heavy atom. The van der Waals surface area contributed by atoms with Crippen LogP contribution >= 0.6 is 11.3 Å². The van der Waals surface area contributed by atoms with Crippen LogP contribution in [-0.4, -0.2) is 73.6 Å². The summed E-state index contributed by atoms with van der Waals surface area (Å²) in [5, 5.41) is 16.5. The number of halogens is 3. The molecule has 0 saturated carbocycles. The van der Waals surface area contributed by atoms with Crippen molar-refractivity contribution in [1.82, 2.24) is 9.21 Å². The Balaban J connectivity index is 1.65. The van der Waals surface area contributed by atoms with Crippen molar-refractivity contribution >= 4 is 44.7 Å².